The molecular weight excluding hydrogens is 581 g/mol. The van der Waals surface area contributed by atoms with Crippen LogP contribution in [0, 0.1) is 5.82 Å². The average molecular weight is 612 g/mol. The Balaban J connectivity index is 1.21. The fraction of sp³-hybridized carbons (Fsp3) is 0.114. The van der Waals surface area contributed by atoms with E-state index in [1.54, 1.807) is 36.9 Å². The number of aromatic nitrogens is 6. The van der Waals surface area contributed by atoms with Gasteiger partial charge in [0.1, 0.15) is 17.2 Å². The molecule has 4 N–H and O–H groups in total. The smallest absolute Gasteiger partial charge is 0.255 e. The van der Waals surface area contributed by atoms with Crippen LogP contribution < -0.4 is 10.6 Å². The third-order valence-electron chi connectivity index (χ3n) is 7.66. The van der Waals surface area contributed by atoms with Gasteiger partial charge in [0, 0.05) is 53.1 Å². The zero-order chi connectivity index (χ0) is 31.6. The number of carbonyl (C=O) groups is 1. The summed E-state index contributed by atoms with van der Waals surface area (Å²) in [5.74, 6) is -0.538. The first-order valence-electron chi connectivity index (χ1n) is 14.7. The quantitative estimate of drug-likeness (QED) is 0.145. The minimum absolute atomic E-state index is 0.220. The number of aromatic amines is 2. The maximum absolute atomic E-state index is 14.7. The molecule has 0 bridgehead atoms. The molecule has 228 valence electrons. The van der Waals surface area contributed by atoms with E-state index in [1.807, 2.05) is 62.6 Å². The molecule has 5 heterocycles. The first-order valence-corrected chi connectivity index (χ1v) is 14.7. The van der Waals surface area contributed by atoms with Gasteiger partial charge in [-0.1, -0.05) is 18.2 Å². The van der Waals surface area contributed by atoms with Crippen molar-refractivity contribution in [3.8, 4) is 33.8 Å². The number of likely N-dealkylation sites (N-methyl/N-ethyl adjacent to an activating group) is 1. The molecule has 5 aromatic heterocycles. The van der Waals surface area contributed by atoms with Gasteiger partial charge in [0.15, 0.2) is 0 Å². The molecule has 7 aromatic rings. The molecule has 0 radical (unpaired) electrons. The number of hydrogen-bond acceptors (Lipinski definition) is 7. The molecule has 0 saturated carbocycles. The van der Waals surface area contributed by atoms with E-state index < -0.39 is 0 Å². The molecule has 0 aliphatic rings. The molecule has 46 heavy (non-hydrogen) atoms. The number of nitrogens with one attached hydrogen (secondary N) is 4. The highest BCUT2D eigenvalue weighted by Crippen LogP contribution is 2.35. The number of amides is 1. The maximum Gasteiger partial charge on any atom is 0.255 e. The van der Waals surface area contributed by atoms with Gasteiger partial charge in [0.05, 0.1) is 35.0 Å². The van der Waals surface area contributed by atoms with E-state index in [9.17, 15) is 9.18 Å². The van der Waals surface area contributed by atoms with E-state index in [0.717, 1.165) is 45.2 Å². The normalized spacial score (nSPS) is 11.4. The van der Waals surface area contributed by atoms with Crippen molar-refractivity contribution in [1.29, 1.82) is 0 Å². The monoisotopic (exact) mass is 611 g/mol. The third-order valence-corrected chi connectivity index (χ3v) is 7.66. The fourth-order valence-electron chi connectivity index (χ4n) is 5.40. The topological polar surface area (TPSA) is 128 Å². The van der Waals surface area contributed by atoms with Crippen LogP contribution in [-0.2, 0) is 0 Å². The standard InChI is InChI=1S/C35H30FN9O/c1-45(2)11-10-38-25-13-22(12-24(36)15-25)27-8-9-39-34-28(27)16-31(42-34)33-29-17-30(40-20-32(29)43-44-33)23-14-26(19-37-18-23)41-35(46)21-6-4-3-5-7-21/h3-9,12-20,38H,10-11H2,1-2H3,(H,39,42)(H,41,46)(H,43,44). The van der Waals surface area contributed by atoms with E-state index in [2.05, 4.69) is 45.7 Å². The second kappa shape index (κ2) is 12.2. The number of carbonyl (C=O) groups excluding carboxylic acids is 1. The molecule has 1 amide bonds. The Bertz CT molecular complexity index is 2190. The van der Waals surface area contributed by atoms with Gasteiger partial charge in [0.2, 0.25) is 0 Å². The summed E-state index contributed by atoms with van der Waals surface area (Å²) in [5.41, 5.74) is 7.69. The molecule has 2 aromatic carbocycles. The van der Waals surface area contributed by atoms with Crippen molar-refractivity contribution in [2.75, 3.05) is 37.8 Å². The lowest BCUT2D eigenvalue weighted by Gasteiger charge is -2.13. The Labute approximate surface area is 263 Å². The summed E-state index contributed by atoms with van der Waals surface area (Å²) in [4.78, 5) is 31.7. The van der Waals surface area contributed by atoms with Crippen molar-refractivity contribution < 1.29 is 9.18 Å². The number of pyridine rings is 3. The van der Waals surface area contributed by atoms with E-state index in [1.165, 1.54) is 12.1 Å². The van der Waals surface area contributed by atoms with Gasteiger partial charge in [-0.3, -0.25) is 19.9 Å². The van der Waals surface area contributed by atoms with Gasteiger partial charge in [-0.15, -0.1) is 0 Å². The number of halogens is 1. The Morgan fingerprint density at radius 1 is 0.891 bits per heavy atom. The maximum atomic E-state index is 14.7. The van der Waals surface area contributed by atoms with Gasteiger partial charge >= 0.3 is 0 Å². The molecule has 0 fully saturated rings. The number of rotatable bonds is 9. The first kappa shape index (κ1) is 28.8. The summed E-state index contributed by atoms with van der Waals surface area (Å²) in [6.07, 6.45) is 6.74. The van der Waals surface area contributed by atoms with Gasteiger partial charge < -0.3 is 20.5 Å². The van der Waals surface area contributed by atoms with Crippen LogP contribution in [0.15, 0.2) is 97.6 Å². The highest BCUT2D eigenvalue weighted by Gasteiger charge is 2.17. The molecule has 11 heteroatoms. The Morgan fingerprint density at radius 3 is 2.59 bits per heavy atom. The molecule has 0 atom stereocenters. The SMILES string of the molecule is CN(C)CCNc1cc(F)cc(-c2ccnc3[nH]c(-c4n[nH]c5cnc(-c6cncc(NC(=O)c7ccccc7)c6)cc45)cc23)c1. The number of anilines is 2. The predicted octanol–water partition coefficient (Wildman–Crippen LogP) is 6.60. The van der Waals surface area contributed by atoms with Crippen LogP contribution in [0.25, 0.3) is 55.7 Å². The Hall–Kier alpha value is -5.94. The number of hydrogen-bond donors (Lipinski definition) is 4. The van der Waals surface area contributed by atoms with Crippen LogP contribution in [0.1, 0.15) is 10.4 Å². The molecule has 0 saturated heterocycles. The van der Waals surface area contributed by atoms with E-state index in [0.29, 0.717) is 40.5 Å². The second-order valence-corrected chi connectivity index (χ2v) is 11.2. The van der Waals surface area contributed by atoms with Gasteiger partial charge in [0.25, 0.3) is 5.91 Å². The summed E-state index contributed by atoms with van der Waals surface area (Å²) in [6, 6.07) is 21.6. The van der Waals surface area contributed by atoms with Crippen LogP contribution in [0.4, 0.5) is 15.8 Å². The summed E-state index contributed by atoms with van der Waals surface area (Å²) in [7, 11) is 4.00. The molecule has 0 spiro atoms. The van der Waals surface area contributed by atoms with Crippen LogP contribution in [0.2, 0.25) is 0 Å². The van der Waals surface area contributed by atoms with E-state index in [-0.39, 0.29) is 11.7 Å². The number of H-pyrrole nitrogens is 2. The largest absolute Gasteiger partial charge is 0.384 e. The van der Waals surface area contributed by atoms with Crippen LogP contribution in [0.3, 0.4) is 0 Å². The van der Waals surface area contributed by atoms with Gasteiger partial charge in [-0.2, -0.15) is 5.10 Å². The van der Waals surface area contributed by atoms with Crippen molar-refractivity contribution in [2.45, 2.75) is 0 Å². The Kier molecular flexibility index (Phi) is 7.65. The van der Waals surface area contributed by atoms with Crippen molar-refractivity contribution in [3.63, 3.8) is 0 Å². The zero-order valence-corrected chi connectivity index (χ0v) is 25.2. The minimum atomic E-state index is -0.318. The summed E-state index contributed by atoms with van der Waals surface area (Å²) in [5, 5.41) is 15.6. The van der Waals surface area contributed by atoms with Crippen molar-refractivity contribution in [2.24, 2.45) is 0 Å². The molecule has 10 nitrogen and oxygen atoms in total. The van der Waals surface area contributed by atoms with Gasteiger partial charge in [-0.25, -0.2) is 9.37 Å². The van der Waals surface area contributed by atoms with Gasteiger partial charge in [-0.05, 0) is 79.8 Å². The summed E-state index contributed by atoms with van der Waals surface area (Å²) < 4.78 is 14.7. The fourth-order valence-corrected chi connectivity index (χ4v) is 5.40. The zero-order valence-electron chi connectivity index (χ0n) is 25.2. The van der Waals surface area contributed by atoms with Crippen molar-refractivity contribution in [1.82, 2.24) is 35.0 Å². The average Bonchev–Trinajstić information content (AvgIpc) is 3.69. The third kappa shape index (κ3) is 5.91. The Morgan fingerprint density at radius 2 is 1.74 bits per heavy atom. The van der Waals surface area contributed by atoms with Crippen LogP contribution >= 0.6 is 0 Å². The number of benzene rings is 2. The number of fused-ring (bicyclic) bond motifs is 2. The number of nitrogens with zero attached hydrogens (tertiary/aromatic N) is 5. The molecule has 7 rings (SSSR count). The molecule has 0 aliphatic heterocycles. The lowest BCUT2D eigenvalue weighted by molar-refractivity contribution is 0.102. The second-order valence-electron chi connectivity index (χ2n) is 11.2. The predicted molar refractivity (Wildman–Crippen MR) is 179 cm³/mol. The lowest BCUT2D eigenvalue weighted by atomic mass is 10.0. The van der Waals surface area contributed by atoms with Crippen molar-refractivity contribution in [3.05, 3.63) is 109 Å². The minimum Gasteiger partial charge on any atom is -0.384 e. The van der Waals surface area contributed by atoms with E-state index >= 15 is 0 Å². The lowest BCUT2D eigenvalue weighted by Crippen LogP contribution is -2.20. The van der Waals surface area contributed by atoms with Crippen LogP contribution in [0.5, 0.6) is 0 Å². The molecular formula is C35H30FN9O. The summed E-state index contributed by atoms with van der Waals surface area (Å²) >= 11 is 0. The first-order chi connectivity index (χ1) is 22.4. The summed E-state index contributed by atoms with van der Waals surface area (Å²) in [6.45, 7) is 1.52. The highest BCUT2D eigenvalue weighted by molar-refractivity contribution is 6.04. The molecule has 0 unspecified atom stereocenters. The van der Waals surface area contributed by atoms with E-state index in [4.69, 9.17) is 0 Å². The van der Waals surface area contributed by atoms with Crippen molar-refractivity contribution >= 4 is 39.2 Å². The highest BCUT2D eigenvalue weighted by atomic mass is 19.1. The van der Waals surface area contributed by atoms with Crippen LogP contribution in [-0.4, -0.2) is 68.1 Å². The molecule has 0 aliphatic carbocycles.